The number of hydrogen-bond donors (Lipinski definition) is 1. The average molecular weight is 314 g/mol. The quantitative estimate of drug-likeness (QED) is 0.764. The number of ether oxygens (including phenoxy) is 2. The van der Waals surface area contributed by atoms with Crippen molar-refractivity contribution in [3.63, 3.8) is 0 Å². The van der Waals surface area contributed by atoms with Crippen LogP contribution in [0.15, 0.2) is 0 Å². The van der Waals surface area contributed by atoms with Crippen molar-refractivity contribution in [2.45, 2.75) is 64.6 Å². The van der Waals surface area contributed by atoms with Gasteiger partial charge >= 0.3 is 6.09 Å². The van der Waals surface area contributed by atoms with Crippen LogP contribution in [0.1, 0.15) is 53.4 Å². The minimum absolute atomic E-state index is 0.0240. The predicted octanol–water partition coefficient (Wildman–Crippen LogP) is 2.32. The molecule has 1 rings (SSSR count). The zero-order chi connectivity index (χ0) is 16.8. The number of nitrogens with zero attached hydrogens (tertiary/aromatic N) is 1. The van der Waals surface area contributed by atoms with Gasteiger partial charge in [-0.3, -0.25) is 4.79 Å². The molecule has 0 spiro atoms. The lowest BCUT2D eigenvalue weighted by atomic mass is 10.00. The first kappa shape index (κ1) is 18.7. The molecule has 0 bridgehead atoms. The van der Waals surface area contributed by atoms with E-state index in [1.807, 2.05) is 20.8 Å². The Kier molecular flexibility index (Phi) is 6.66. The summed E-state index contributed by atoms with van der Waals surface area (Å²) in [6, 6.07) is 0. The lowest BCUT2D eigenvalue weighted by Crippen LogP contribution is -2.40. The van der Waals surface area contributed by atoms with Gasteiger partial charge in [0.1, 0.15) is 5.60 Å². The van der Waals surface area contributed by atoms with Gasteiger partial charge in [0.15, 0.2) is 0 Å². The van der Waals surface area contributed by atoms with Gasteiger partial charge in [0.05, 0.1) is 12.1 Å². The fraction of sp³-hybridized carbons (Fsp3) is 0.875. The molecule has 0 aliphatic carbocycles. The lowest BCUT2D eigenvalue weighted by molar-refractivity contribution is -0.121. The van der Waals surface area contributed by atoms with Crippen molar-refractivity contribution in [1.82, 2.24) is 10.2 Å². The Hall–Kier alpha value is -1.30. The number of nitrogens with one attached hydrogen (secondary N) is 1. The van der Waals surface area contributed by atoms with Crippen LogP contribution >= 0.6 is 0 Å². The van der Waals surface area contributed by atoms with E-state index in [-0.39, 0.29) is 17.6 Å². The van der Waals surface area contributed by atoms with Crippen LogP contribution in [0.2, 0.25) is 0 Å². The molecule has 1 aliphatic rings. The molecule has 1 heterocycles. The van der Waals surface area contributed by atoms with E-state index in [1.165, 1.54) is 0 Å². The molecular weight excluding hydrogens is 284 g/mol. The molecule has 1 atom stereocenters. The molecule has 0 aromatic carbocycles. The van der Waals surface area contributed by atoms with Crippen LogP contribution in [0.4, 0.5) is 4.79 Å². The first-order chi connectivity index (χ1) is 10.2. The number of amides is 2. The molecule has 1 aliphatic heterocycles. The third-order valence-corrected chi connectivity index (χ3v) is 3.85. The Morgan fingerprint density at radius 3 is 2.55 bits per heavy atom. The third kappa shape index (κ3) is 5.83. The maximum Gasteiger partial charge on any atom is 0.410 e. The summed E-state index contributed by atoms with van der Waals surface area (Å²) in [5.41, 5.74) is -0.789. The Balaban J connectivity index is 2.45. The van der Waals surface area contributed by atoms with Gasteiger partial charge in [-0.15, -0.1) is 0 Å². The van der Waals surface area contributed by atoms with Gasteiger partial charge in [-0.1, -0.05) is 6.92 Å². The van der Waals surface area contributed by atoms with E-state index in [2.05, 4.69) is 12.2 Å². The third-order valence-electron chi connectivity index (χ3n) is 3.85. The fourth-order valence-corrected chi connectivity index (χ4v) is 2.48. The molecule has 1 unspecified atom stereocenters. The average Bonchev–Trinajstić information content (AvgIpc) is 2.87. The van der Waals surface area contributed by atoms with Crippen molar-refractivity contribution in [2.24, 2.45) is 0 Å². The first-order valence-corrected chi connectivity index (χ1v) is 8.04. The van der Waals surface area contributed by atoms with Crippen molar-refractivity contribution < 1.29 is 19.1 Å². The Morgan fingerprint density at radius 1 is 1.32 bits per heavy atom. The molecule has 1 saturated heterocycles. The zero-order valence-electron chi connectivity index (χ0n) is 14.5. The summed E-state index contributed by atoms with van der Waals surface area (Å²) in [6.07, 6.45) is 2.52. The zero-order valence-corrected chi connectivity index (χ0v) is 14.5. The smallest absolute Gasteiger partial charge is 0.410 e. The van der Waals surface area contributed by atoms with Crippen molar-refractivity contribution in [3.05, 3.63) is 0 Å². The molecular formula is C16H30N2O4. The van der Waals surface area contributed by atoms with E-state index in [0.29, 0.717) is 32.5 Å². The molecule has 6 nitrogen and oxygen atoms in total. The molecule has 0 saturated carbocycles. The van der Waals surface area contributed by atoms with E-state index in [9.17, 15) is 9.59 Å². The van der Waals surface area contributed by atoms with Crippen LogP contribution in [0.25, 0.3) is 0 Å². The van der Waals surface area contributed by atoms with Gasteiger partial charge in [-0.2, -0.15) is 0 Å². The molecule has 2 amide bonds. The Morgan fingerprint density at radius 2 is 2.00 bits per heavy atom. The minimum atomic E-state index is -0.483. The van der Waals surface area contributed by atoms with Crippen molar-refractivity contribution in [3.8, 4) is 0 Å². The highest BCUT2D eigenvalue weighted by molar-refractivity contribution is 5.75. The predicted molar refractivity (Wildman–Crippen MR) is 84.7 cm³/mol. The van der Waals surface area contributed by atoms with Gasteiger partial charge in [0.25, 0.3) is 0 Å². The second-order valence-electron chi connectivity index (χ2n) is 6.81. The molecule has 0 aromatic heterocycles. The van der Waals surface area contributed by atoms with Crippen LogP contribution in [0.3, 0.4) is 0 Å². The highest BCUT2D eigenvalue weighted by atomic mass is 16.6. The van der Waals surface area contributed by atoms with Crippen LogP contribution in [-0.2, 0) is 14.3 Å². The van der Waals surface area contributed by atoms with Gasteiger partial charge in [0.2, 0.25) is 5.91 Å². The normalized spacial score (nSPS) is 21.8. The van der Waals surface area contributed by atoms with Crippen molar-refractivity contribution in [2.75, 3.05) is 26.7 Å². The van der Waals surface area contributed by atoms with Gasteiger partial charge in [-0.25, -0.2) is 4.79 Å². The maximum atomic E-state index is 12.1. The molecule has 1 N–H and O–H groups in total. The van der Waals surface area contributed by atoms with E-state index >= 15 is 0 Å². The fourth-order valence-electron chi connectivity index (χ4n) is 2.48. The summed E-state index contributed by atoms with van der Waals surface area (Å²) in [6.45, 7) is 9.40. The maximum absolute atomic E-state index is 12.1. The van der Waals surface area contributed by atoms with Gasteiger partial charge in [0, 0.05) is 26.6 Å². The van der Waals surface area contributed by atoms with Crippen molar-refractivity contribution >= 4 is 12.0 Å². The number of likely N-dealkylation sites (tertiary alicyclic amines) is 1. The van der Waals surface area contributed by atoms with Crippen LogP contribution < -0.4 is 5.32 Å². The van der Waals surface area contributed by atoms with Crippen LogP contribution in [0.5, 0.6) is 0 Å². The molecule has 0 radical (unpaired) electrons. The van der Waals surface area contributed by atoms with Crippen LogP contribution in [0, 0.1) is 0 Å². The van der Waals surface area contributed by atoms with E-state index in [4.69, 9.17) is 9.47 Å². The summed E-state index contributed by atoms with van der Waals surface area (Å²) in [7, 11) is 1.63. The van der Waals surface area contributed by atoms with Gasteiger partial charge in [-0.05, 0) is 40.0 Å². The standard InChI is InChI=1S/C16H30N2O4/c1-6-16(21-11-7-8-13(19)17-5)9-10-18(12-16)14(20)22-15(2,3)4/h6-12H2,1-5H3,(H,17,19). The summed E-state index contributed by atoms with van der Waals surface area (Å²) in [5.74, 6) is 0.0240. The molecule has 1 fully saturated rings. The van der Waals surface area contributed by atoms with E-state index < -0.39 is 5.60 Å². The summed E-state index contributed by atoms with van der Waals surface area (Å²) in [5, 5.41) is 2.60. The van der Waals surface area contributed by atoms with Gasteiger partial charge < -0.3 is 19.7 Å². The van der Waals surface area contributed by atoms with Crippen molar-refractivity contribution in [1.29, 1.82) is 0 Å². The lowest BCUT2D eigenvalue weighted by Gasteiger charge is -2.29. The van der Waals surface area contributed by atoms with E-state index in [1.54, 1.807) is 11.9 Å². The highest BCUT2D eigenvalue weighted by Gasteiger charge is 2.40. The topological polar surface area (TPSA) is 67.9 Å². The second-order valence-corrected chi connectivity index (χ2v) is 6.81. The summed E-state index contributed by atoms with van der Waals surface area (Å²) >= 11 is 0. The molecule has 6 heteroatoms. The first-order valence-electron chi connectivity index (χ1n) is 8.04. The highest BCUT2D eigenvalue weighted by Crippen LogP contribution is 2.30. The molecule has 22 heavy (non-hydrogen) atoms. The van der Waals surface area contributed by atoms with Crippen LogP contribution in [-0.4, -0.2) is 54.8 Å². The Bertz CT molecular complexity index is 392. The monoisotopic (exact) mass is 314 g/mol. The van der Waals surface area contributed by atoms with E-state index in [0.717, 1.165) is 12.8 Å². The SMILES string of the molecule is CCC1(OCCCC(=O)NC)CCN(C(=O)OC(C)(C)C)C1. The minimum Gasteiger partial charge on any atom is -0.444 e. The molecule has 0 aromatic rings. The largest absolute Gasteiger partial charge is 0.444 e. The number of carbonyl (C=O) groups excluding carboxylic acids is 2. The number of rotatable bonds is 6. The summed E-state index contributed by atoms with van der Waals surface area (Å²) in [4.78, 5) is 25.0. The molecule has 128 valence electrons. The number of carbonyl (C=O) groups is 2. The second kappa shape index (κ2) is 7.81. The number of hydrogen-bond acceptors (Lipinski definition) is 4. The Labute approximate surface area is 133 Å². The summed E-state index contributed by atoms with van der Waals surface area (Å²) < 4.78 is 11.4.